The minimum Gasteiger partial charge on any atom is -0.497 e. The Hall–Kier alpha value is -3.57. The van der Waals surface area contributed by atoms with Gasteiger partial charge >= 0.3 is 0 Å². The molecule has 33 heavy (non-hydrogen) atoms. The van der Waals surface area contributed by atoms with Crippen molar-refractivity contribution >= 4 is 17.3 Å². The van der Waals surface area contributed by atoms with Crippen molar-refractivity contribution in [3.8, 4) is 22.7 Å². The zero-order valence-electron chi connectivity index (χ0n) is 18.7. The fourth-order valence-corrected chi connectivity index (χ4v) is 3.98. The molecule has 4 aromatic rings. The molecule has 0 saturated carbocycles. The first-order chi connectivity index (χ1) is 16.0. The maximum absolute atomic E-state index is 13.4. The lowest BCUT2D eigenvalue weighted by Gasteiger charge is -2.13. The number of methoxy groups -OCH3 is 1. The topological polar surface area (TPSA) is 35.8 Å². The number of aromatic nitrogens is 1. The second-order valence-corrected chi connectivity index (χ2v) is 8.09. The molecule has 6 heteroatoms. The summed E-state index contributed by atoms with van der Waals surface area (Å²) in [6, 6.07) is 24.0. The Morgan fingerprint density at radius 1 is 1.00 bits per heavy atom. The summed E-state index contributed by atoms with van der Waals surface area (Å²) in [4.78, 5) is 5.53. The fourth-order valence-electron chi connectivity index (χ4n) is 3.80. The van der Waals surface area contributed by atoms with Gasteiger partial charge in [-0.3, -0.25) is 0 Å². The quantitative estimate of drug-likeness (QED) is 0.215. The van der Waals surface area contributed by atoms with E-state index < -0.39 is 0 Å². The van der Waals surface area contributed by atoms with Gasteiger partial charge in [-0.1, -0.05) is 47.1 Å². The Labute approximate surface area is 197 Å². The maximum Gasteiger partial charge on any atom is 0.142 e. The molecule has 0 amide bonds. The lowest BCUT2D eigenvalue weighted by atomic mass is 10.1. The van der Waals surface area contributed by atoms with E-state index in [9.17, 15) is 4.39 Å². The van der Waals surface area contributed by atoms with Crippen molar-refractivity contribution in [1.29, 1.82) is 0 Å². The van der Waals surface area contributed by atoms with Gasteiger partial charge in [-0.15, -0.1) is 0 Å². The summed E-state index contributed by atoms with van der Waals surface area (Å²) < 4.78 is 21.0. The average Bonchev–Trinajstić information content (AvgIpc) is 3.16. The van der Waals surface area contributed by atoms with Crippen LogP contribution in [-0.2, 0) is 11.4 Å². The Balaban J connectivity index is 1.74. The molecule has 0 aliphatic rings. The highest BCUT2D eigenvalue weighted by molar-refractivity contribution is 6.30. The fraction of sp³-hybridized carbons (Fsp3) is 0.148. The predicted molar refractivity (Wildman–Crippen MR) is 131 cm³/mol. The van der Waals surface area contributed by atoms with Crippen LogP contribution >= 0.6 is 11.6 Å². The van der Waals surface area contributed by atoms with Crippen LogP contribution in [0.15, 0.2) is 84.0 Å². The van der Waals surface area contributed by atoms with E-state index in [1.807, 2.05) is 62.4 Å². The summed E-state index contributed by atoms with van der Waals surface area (Å²) in [6.07, 6.45) is 0. The minimum absolute atomic E-state index is 0.186. The molecule has 0 unspecified atom stereocenters. The first kappa shape index (κ1) is 22.6. The lowest BCUT2D eigenvalue weighted by Crippen LogP contribution is -2.02. The number of benzene rings is 3. The van der Waals surface area contributed by atoms with Gasteiger partial charge in [0.25, 0.3) is 0 Å². The molecule has 0 saturated heterocycles. The Morgan fingerprint density at radius 3 is 2.55 bits per heavy atom. The van der Waals surface area contributed by atoms with Gasteiger partial charge in [-0.25, -0.2) is 4.39 Å². The molecule has 0 bridgehead atoms. The largest absolute Gasteiger partial charge is 0.497 e. The summed E-state index contributed by atoms with van der Waals surface area (Å²) in [5.41, 5.74) is 6.28. The maximum atomic E-state index is 13.4. The molecule has 4 nitrogen and oxygen atoms in total. The van der Waals surface area contributed by atoms with Crippen molar-refractivity contribution < 1.29 is 14.0 Å². The summed E-state index contributed by atoms with van der Waals surface area (Å²) in [5.74, 6) is 0.475. The number of halogens is 2. The number of ether oxygens (including phenoxy) is 1. The summed E-state index contributed by atoms with van der Waals surface area (Å²) in [5, 5.41) is 4.96. The molecular weight excluding hydrogens is 439 g/mol. The van der Waals surface area contributed by atoms with Crippen LogP contribution in [0.4, 0.5) is 4.39 Å². The monoisotopic (exact) mass is 462 g/mol. The zero-order chi connectivity index (χ0) is 23.4. The van der Waals surface area contributed by atoms with Gasteiger partial charge in [0, 0.05) is 27.5 Å². The Morgan fingerprint density at radius 2 is 1.79 bits per heavy atom. The van der Waals surface area contributed by atoms with Crippen LogP contribution in [0, 0.1) is 12.7 Å². The third-order valence-corrected chi connectivity index (χ3v) is 5.63. The molecule has 0 aliphatic carbocycles. The van der Waals surface area contributed by atoms with Crippen molar-refractivity contribution in [3.63, 3.8) is 0 Å². The summed E-state index contributed by atoms with van der Waals surface area (Å²) in [6.45, 7) is 4.11. The predicted octanol–water partition coefficient (Wildman–Crippen LogP) is 7.19. The van der Waals surface area contributed by atoms with Gasteiger partial charge in [-0.05, 0) is 67.9 Å². The highest BCUT2D eigenvalue weighted by atomic mass is 35.5. The zero-order valence-corrected chi connectivity index (χ0v) is 19.4. The highest BCUT2D eigenvalue weighted by Gasteiger charge is 2.18. The summed E-state index contributed by atoms with van der Waals surface area (Å²) in [7, 11) is 1.65. The van der Waals surface area contributed by atoms with E-state index in [-0.39, 0.29) is 12.4 Å². The molecule has 0 N–H and O–H groups in total. The molecule has 0 atom stereocenters. The molecule has 1 heterocycles. The second kappa shape index (κ2) is 9.92. The standard InChI is InChI=1S/C27H24ClFN2O2/c1-18(30-33-17-20-7-4-10-23(29)13-20)26-16-27(21-8-5-12-25(14-21)32-3)31(19(26)2)24-11-6-9-22(28)15-24/h4-16H,17H2,1-3H3/b30-18-. The van der Waals surface area contributed by atoms with Gasteiger partial charge in [-0.2, -0.15) is 0 Å². The van der Waals surface area contributed by atoms with Crippen molar-refractivity contribution in [2.24, 2.45) is 5.16 Å². The van der Waals surface area contributed by atoms with Gasteiger partial charge in [0.15, 0.2) is 0 Å². The Kier molecular flexibility index (Phi) is 6.80. The number of nitrogens with zero attached hydrogens (tertiary/aromatic N) is 2. The van der Waals surface area contributed by atoms with Gasteiger partial charge in [0.1, 0.15) is 18.2 Å². The molecule has 168 valence electrons. The minimum atomic E-state index is -0.297. The number of oxime groups is 1. The molecule has 0 radical (unpaired) electrons. The van der Waals surface area contributed by atoms with Gasteiger partial charge in [0.05, 0.1) is 18.5 Å². The third-order valence-electron chi connectivity index (χ3n) is 5.39. The number of hydrogen-bond donors (Lipinski definition) is 0. The van der Waals surface area contributed by atoms with Crippen molar-refractivity contribution in [2.45, 2.75) is 20.5 Å². The van der Waals surface area contributed by atoms with Crippen molar-refractivity contribution in [3.05, 3.63) is 107 Å². The average molecular weight is 463 g/mol. The second-order valence-electron chi connectivity index (χ2n) is 7.66. The molecule has 4 rings (SSSR count). The van der Waals surface area contributed by atoms with Crippen LogP contribution in [0.1, 0.15) is 23.7 Å². The molecule has 0 aliphatic heterocycles. The lowest BCUT2D eigenvalue weighted by molar-refractivity contribution is 0.130. The van der Waals surface area contributed by atoms with E-state index in [0.29, 0.717) is 10.7 Å². The SMILES string of the molecule is COc1cccc(-c2cc(/C(C)=N\OCc3cccc(F)c3)c(C)n2-c2cccc(Cl)c2)c1. The van der Waals surface area contributed by atoms with E-state index in [1.54, 1.807) is 19.2 Å². The molecule has 1 aromatic heterocycles. The van der Waals surface area contributed by atoms with Crippen LogP contribution in [0.3, 0.4) is 0 Å². The van der Waals surface area contributed by atoms with Gasteiger partial charge in [0.2, 0.25) is 0 Å². The highest BCUT2D eigenvalue weighted by Crippen LogP contribution is 2.32. The molecular formula is C27H24ClFN2O2. The third kappa shape index (κ3) is 5.10. The van der Waals surface area contributed by atoms with E-state index >= 15 is 0 Å². The van der Waals surface area contributed by atoms with E-state index in [2.05, 4.69) is 15.8 Å². The first-order valence-corrected chi connectivity index (χ1v) is 10.9. The van der Waals surface area contributed by atoms with Crippen LogP contribution in [0.5, 0.6) is 5.75 Å². The normalized spacial score (nSPS) is 11.5. The van der Waals surface area contributed by atoms with Crippen LogP contribution in [0.2, 0.25) is 5.02 Å². The van der Waals surface area contributed by atoms with Crippen LogP contribution in [-0.4, -0.2) is 17.4 Å². The first-order valence-electron chi connectivity index (χ1n) is 10.5. The van der Waals surface area contributed by atoms with Gasteiger partial charge < -0.3 is 14.1 Å². The molecule has 0 fully saturated rings. The Bertz CT molecular complexity index is 1310. The van der Waals surface area contributed by atoms with Crippen LogP contribution in [0.25, 0.3) is 16.9 Å². The number of rotatable bonds is 7. The van der Waals surface area contributed by atoms with Crippen LogP contribution < -0.4 is 4.74 Å². The summed E-state index contributed by atoms with van der Waals surface area (Å²) >= 11 is 6.30. The molecule has 0 spiro atoms. The van der Waals surface area contributed by atoms with Crippen molar-refractivity contribution in [1.82, 2.24) is 4.57 Å². The van der Waals surface area contributed by atoms with Crippen molar-refractivity contribution in [2.75, 3.05) is 7.11 Å². The van der Waals surface area contributed by atoms with E-state index in [1.165, 1.54) is 12.1 Å². The van der Waals surface area contributed by atoms with E-state index in [4.69, 9.17) is 21.2 Å². The molecule has 3 aromatic carbocycles. The van der Waals surface area contributed by atoms with E-state index in [0.717, 1.165) is 39.5 Å². The number of hydrogen-bond acceptors (Lipinski definition) is 3. The smallest absolute Gasteiger partial charge is 0.142 e.